The van der Waals surface area contributed by atoms with Crippen LogP contribution in [0.3, 0.4) is 0 Å². The molecule has 2 nitrogen and oxygen atoms in total. The minimum absolute atomic E-state index is 0.0379. The van der Waals surface area contributed by atoms with Crippen LogP contribution in [0.25, 0.3) is 11.3 Å². The minimum Gasteiger partial charge on any atom is -0.298 e. The van der Waals surface area contributed by atoms with E-state index in [-0.39, 0.29) is 5.56 Å². The van der Waals surface area contributed by atoms with Gasteiger partial charge >= 0.3 is 0 Å². The molecule has 0 bridgehead atoms. The molecule has 0 fully saturated rings. The SMILES string of the molecule is Cc1cccc(-c2cc(C=O)c(F)cn2)c1C. The first-order chi connectivity index (χ1) is 8.13. The Morgan fingerprint density at radius 3 is 2.76 bits per heavy atom. The molecule has 0 saturated carbocycles. The zero-order valence-electron chi connectivity index (χ0n) is 9.70. The van der Waals surface area contributed by atoms with Crippen LogP contribution < -0.4 is 0 Å². The summed E-state index contributed by atoms with van der Waals surface area (Å²) in [5.74, 6) is -0.589. The average Bonchev–Trinajstić information content (AvgIpc) is 2.34. The van der Waals surface area contributed by atoms with E-state index >= 15 is 0 Å². The standard InChI is InChI=1S/C14H12FNO/c1-9-4-3-5-12(10(9)2)14-6-11(8-17)13(15)7-16-14/h3-8H,1-2H3. The van der Waals surface area contributed by atoms with Gasteiger partial charge in [-0.2, -0.15) is 0 Å². The molecule has 1 heterocycles. The highest BCUT2D eigenvalue weighted by Gasteiger charge is 2.08. The third-order valence-corrected chi connectivity index (χ3v) is 2.89. The molecule has 0 amide bonds. The quantitative estimate of drug-likeness (QED) is 0.739. The van der Waals surface area contributed by atoms with Crippen molar-refractivity contribution >= 4 is 6.29 Å². The van der Waals surface area contributed by atoms with Crippen molar-refractivity contribution in [2.24, 2.45) is 0 Å². The molecule has 0 saturated heterocycles. The minimum atomic E-state index is -0.589. The third kappa shape index (κ3) is 2.09. The zero-order chi connectivity index (χ0) is 12.4. The Morgan fingerprint density at radius 1 is 1.29 bits per heavy atom. The lowest BCUT2D eigenvalue weighted by Crippen LogP contribution is -1.94. The molecule has 0 aliphatic carbocycles. The van der Waals surface area contributed by atoms with Gasteiger partial charge < -0.3 is 0 Å². The van der Waals surface area contributed by atoms with E-state index in [2.05, 4.69) is 4.98 Å². The largest absolute Gasteiger partial charge is 0.298 e. The van der Waals surface area contributed by atoms with Gasteiger partial charge in [-0.15, -0.1) is 0 Å². The Bertz CT molecular complexity index is 578. The predicted molar refractivity (Wildman–Crippen MR) is 64.5 cm³/mol. The van der Waals surface area contributed by atoms with Crippen molar-refractivity contribution in [1.82, 2.24) is 4.98 Å². The number of aldehydes is 1. The van der Waals surface area contributed by atoms with E-state index in [4.69, 9.17) is 0 Å². The summed E-state index contributed by atoms with van der Waals surface area (Å²) in [6, 6.07) is 7.31. The molecule has 3 heteroatoms. The third-order valence-electron chi connectivity index (χ3n) is 2.89. The van der Waals surface area contributed by atoms with E-state index in [1.165, 1.54) is 6.07 Å². The second-order valence-electron chi connectivity index (χ2n) is 3.96. The summed E-state index contributed by atoms with van der Waals surface area (Å²) in [5.41, 5.74) is 3.81. The molecule has 0 N–H and O–H groups in total. The fourth-order valence-corrected chi connectivity index (χ4v) is 1.72. The lowest BCUT2D eigenvalue weighted by Gasteiger charge is -2.08. The molecule has 1 aromatic carbocycles. The smallest absolute Gasteiger partial charge is 0.153 e. The van der Waals surface area contributed by atoms with E-state index in [0.717, 1.165) is 22.9 Å². The fraction of sp³-hybridized carbons (Fsp3) is 0.143. The van der Waals surface area contributed by atoms with Crippen molar-refractivity contribution in [3.63, 3.8) is 0 Å². The molecule has 0 atom stereocenters. The predicted octanol–water partition coefficient (Wildman–Crippen LogP) is 3.32. The van der Waals surface area contributed by atoms with Crippen LogP contribution in [0.5, 0.6) is 0 Å². The molecule has 86 valence electrons. The van der Waals surface area contributed by atoms with Crippen LogP contribution in [0.1, 0.15) is 21.5 Å². The van der Waals surface area contributed by atoms with Crippen molar-refractivity contribution in [2.45, 2.75) is 13.8 Å². The van der Waals surface area contributed by atoms with Gasteiger partial charge in [0.25, 0.3) is 0 Å². The van der Waals surface area contributed by atoms with Crippen molar-refractivity contribution in [3.8, 4) is 11.3 Å². The number of halogens is 1. The zero-order valence-corrected chi connectivity index (χ0v) is 9.70. The van der Waals surface area contributed by atoms with E-state index < -0.39 is 5.82 Å². The van der Waals surface area contributed by atoms with Crippen LogP contribution in [0.15, 0.2) is 30.5 Å². The van der Waals surface area contributed by atoms with Crippen LogP contribution in [-0.4, -0.2) is 11.3 Å². The maximum absolute atomic E-state index is 13.2. The molecule has 0 radical (unpaired) electrons. The van der Waals surface area contributed by atoms with Gasteiger partial charge in [-0.1, -0.05) is 18.2 Å². The highest BCUT2D eigenvalue weighted by Crippen LogP contribution is 2.24. The lowest BCUT2D eigenvalue weighted by atomic mass is 10.00. The molecule has 0 spiro atoms. The number of nitrogens with zero attached hydrogens (tertiary/aromatic N) is 1. The molecule has 0 aliphatic heterocycles. The number of aryl methyl sites for hydroxylation is 1. The second-order valence-corrected chi connectivity index (χ2v) is 3.96. The number of rotatable bonds is 2. The fourth-order valence-electron chi connectivity index (χ4n) is 1.72. The Kier molecular flexibility index (Phi) is 3.00. The molecular formula is C14H12FNO. The van der Waals surface area contributed by atoms with E-state index in [1.807, 2.05) is 32.0 Å². The number of aromatic nitrogens is 1. The van der Waals surface area contributed by atoms with Crippen LogP contribution in [0.2, 0.25) is 0 Å². The van der Waals surface area contributed by atoms with Crippen LogP contribution in [0.4, 0.5) is 4.39 Å². The maximum atomic E-state index is 13.2. The highest BCUT2D eigenvalue weighted by atomic mass is 19.1. The van der Waals surface area contributed by atoms with Gasteiger partial charge in [0.1, 0.15) is 0 Å². The Balaban J connectivity index is 2.61. The summed E-state index contributed by atoms with van der Waals surface area (Å²) in [4.78, 5) is 14.7. The summed E-state index contributed by atoms with van der Waals surface area (Å²) in [6.07, 6.45) is 1.59. The number of benzene rings is 1. The van der Waals surface area contributed by atoms with Gasteiger partial charge in [0.2, 0.25) is 0 Å². The van der Waals surface area contributed by atoms with Gasteiger partial charge in [-0.05, 0) is 31.0 Å². The molecule has 0 unspecified atom stereocenters. The summed E-state index contributed by atoms with van der Waals surface area (Å²) in [7, 11) is 0. The molecule has 2 rings (SSSR count). The van der Waals surface area contributed by atoms with Gasteiger partial charge in [0.15, 0.2) is 12.1 Å². The normalized spacial score (nSPS) is 10.3. The van der Waals surface area contributed by atoms with Crippen LogP contribution in [0, 0.1) is 19.7 Å². The summed E-state index contributed by atoms with van der Waals surface area (Å²) in [5, 5.41) is 0. The number of carbonyl (C=O) groups excluding carboxylic acids is 1. The summed E-state index contributed by atoms with van der Waals surface area (Å²) >= 11 is 0. The Hall–Kier alpha value is -2.03. The van der Waals surface area contributed by atoms with Gasteiger partial charge in [0, 0.05) is 5.56 Å². The van der Waals surface area contributed by atoms with Crippen molar-refractivity contribution in [1.29, 1.82) is 0 Å². The number of pyridine rings is 1. The van der Waals surface area contributed by atoms with E-state index in [1.54, 1.807) is 0 Å². The first-order valence-electron chi connectivity index (χ1n) is 5.31. The monoisotopic (exact) mass is 229 g/mol. The second kappa shape index (κ2) is 4.45. The van der Waals surface area contributed by atoms with E-state index in [9.17, 15) is 9.18 Å². The van der Waals surface area contributed by atoms with Crippen molar-refractivity contribution in [2.75, 3.05) is 0 Å². The highest BCUT2D eigenvalue weighted by molar-refractivity contribution is 5.78. The lowest BCUT2D eigenvalue weighted by molar-refractivity contribution is 0.111. The molecule has 2 aromatic rings. The molecule has 1 aromatic heterocycles. The summed E-state index contributed by atoms with van der Waals surface area (Å²) in [6.45, 7) is 3.99. The van der Waals surface area contributed by atoms with Crippen molar-refractivity contribution < 1.29 is 9.18 Å². The van der Waals surface area contributed by atoms with Crippen molar-refractivity contribution in [3.05, 3.63) is 53.0 Å². The van der Waals surface area contributed by atoms with Gasteiger partial charge in [-0.3, -0.25) is 9.78 Å². The molecular weight excluding hydrogens is 217 g/mol. The Morgan fingerprint density at radius 2 is 2.06 bits per heavy atom. The van der Waals surface area contributed by atoms with Crippen LogP contribution in [-0.2, 0) is 0 Å². The number of hydrogen-bond donors (Lipinski definition) is 0. The number of carbonyl (C=O) groups is 1. The average molecular weight is 229 g/mol. The molecule has 17 heavy (non-hydrogen) atoms. The first kappa shape index (κ1) is 11.5. The van der Waals surface area contributed by atoms with Gasteiger partial charge in [-0.25, -0.2) is 4.39 Å². The first-order valence-corrected chi connectivity index (χ1v) is 5.31. The Labute approximate surface area is 99.1 Å². The summed E-state index contributed by atoms with van der Waals surface area (Å²) < 4.78 is 13.2. The topological polar surface area (TPSA) is 30.0 Å². The van der Waals surface area contributed by atoms with E-state index in [0.29, 0.717) is 12.0 Å². The van der Waals surface area contributed by atoms with Gasteiger partial charge in [0.05, 0.1) is 17.5 Å². The molecule has 0 aliphatic rings. The maximum Gasteiger partial charge on any atom is 0.153 e. The number of hydrogen-bond acceptors (Lipinski definition) is 2. The van der Waals surface area contributed by atoms with Crippen LogP contribution >= 0.6 is 0 Å².